The first-order valence-electron chi connectivity index (χ1n) is 20.0. The van der Waals surface area contributed by atoms with Crippen molar-refractivity contribution in [1.29, 1.82) is 0 Å². The van der Waals surface area contributed by atoms with E-state index in [4.69, 9.17) is 0 Å². The van der Waals surface area contributed by atoms with Crippen LogP contribution in [-0.2, 0) is 33.9 Å². The van der Waals surface area contributed by atoms with Crippen molar-refractivity contribution in [3.05, 3.63) is 137 Å². The van der Waals surface area contributed by atoms with E-state index in [0.29, 0.717) is 45.1 Å². The van der Waals surface area contributed by atoms with E-state index < -0.39 is 6.04 Å². The highest BCUT2D eigenvalue weighted by Crippen LogP contribution is 2.23. The second kappa shape index (κ2) is 19.0. The number of hydrogen-bond acceptors (Lipinski definition) is 6. The predicted molar refractivity (Wildman–Crippen MR) is 228 cm³/mol. The van der Waals surface area contributed by atoms with Gasteiger partial charge in [0.1, 0.15) is 6.04 Å². The van der Waals surface area contributed by atoms with Crippen molar-refractivity contribution >= 4 is 35.2 Å². The summed E-state index contributed by atoms with van der Waals surface area (Å²) in [5.74, 6) is 0.310. The van der Waals surface area contributed by atoms with Crippen LogP contribution in [0.1, 0.15) is 54.5 Å². The number of carbonyl (C=O) groups excluding carboxylic acids is 3. The van der Waals surface area contributed by atoms with E-state index in [1.807, 2.05) is 72.4 Å². The van der Waals surface area contributed by atoms with E-state index in [-0.39, 0.29) is 17.7 Å². The summed E-state index contributed by atoms with van der Waals surface area (Å²) in [6, 6.07) is 34.6. The molecule has 2 heterocycles. The van der Waals surface area contributed by atoms with Crippen molar-refractivity contribution in [3.63, 3.8) is 0 Å². The number of anilines is 2. The molecule has 3 amide bonds. The second-order valence-electron chi connectivity index (χ2n) is 15.6. The summed E-state index contributed by atoms with van der Waals surface area (Å²) in [5.41, 5.74) is 7.66. The molecule has 9 heteroatoms. The van der Waals surface area contributed by atoms with Gasteiger partial charge in [0.05, 0.1) is 0 Å². The van der Waals surface area contributed by atoms with Gasteiger partial charge in [0.15, 0.2) is 0 Å². The van der Waals surface area contributed by atoms with Gasteiger partial charge in [0.2, 0.25) is 17.7 Å². The fourth-order valence-corrected chi connectivity index (χ4v) is 7.55. The van der Waals surface area contributed by atoms with Gasteiger partial charge in [-0.25, -0.2) is 0 Å². The zero-order valence-corrected chi connectivity index (χ0v) is 33.8. The van der Waals surface area contributed by atoms with E-state index in [1.54, 1.807) is 17.9 Å². The second-order valence-corrected chi connectivity index (χ2v) is 15.6. The zero-order chi connectivity index (χ0) is 39.6. The lowest BCUT2D eigenvalue weighted by molar-refractivity contribution is -0.145. The van der Waals surface area contributed by atoms with Crippen LogP contribution in [0.4, 0.5) is 11.4 Å². The van der Waals surface area contributed by atoms with Crippen LogP contribution in [0.15, 0.2) is 109 Å². The first-order chi connectivity index (χ1) is 27.0. The lowest BCUT2D eigenvalue weighted by Gasteiger charge is -2.39. The number of nitrogens with zero attached hydrogens (tertiary/aromatic N) is 6. The molecule has 0 radical (unpaired) electrons. The molecule has 4 aromatic carbocycles. The minimum atomic E-state index is -0.692. The molecule has 2 aliphatic rings. The molecule has 2 aliphatic heterocycles. The quantitative estimate of drug-likeness (QED) is 0.145. The van der Waals surface area contributed by atoms with Gasteiger partial charge < -0.3 is 24.5 Å². The minimum absolute atomic E-state index is 0.0214. The van der Waals surface area contributed by atoms with Crippen molar-refractivity contribution < 1.29 is 14.4 Å². The van der Waals surface area contributed by atoms with Gasteiger partial charge >= 0.3 is 0 Å². The van der Waals surface area contributed by atoms with E-state index in [2.05, 4.69) is 89.2 Å². The van der Waals surface area contributed by atoms with Gasteiger partial charge in [0, 0.05) is 110 Å². The molecule has 4 aromatic rings. The Morgan fingerprint density at radius 1 is 0.679 bits per heavy atom. The van der Waals surface area contributed by atoms with Crippen molar-refractivity contribution in [2.24, 2.45) is 0 Å². The van der Waals surface area contributed by atoms with Gasteiger partial charge in [-0.3, -0.25) is 19.3 Å². The Balaban J connectivity index is 1.23. The Hall–Kier alpha value is -5.41. The number of carbonyl (C=O) groups is 3. The van der Waals surface area contributed by atoms with Crippen LogP contribution >= 0.6 is 0 Å². The predicted octanol–water partition coefficient (Wildman–Crippen LogP) is 6.54. The molecule has 0 aromatic heterocycles. The fraction of sp³-hybridized carbons (Fsp3) is 0.383. The first kappa shape index (κ1) is 40.3. The van der Waals surface area contributed by atoms with E-state index in [1.165, 1.54) is 16.8 Å². The third-order valence-corrected chi connectivity index (χ3v) is 11.2. The molecule has 294 valence electrons. The summed E-state index contributed by atoms with van der Waals surface area (Å²) in [5, 5.41) is 0. The third kappa shape index (κ3) is 10.7. The summed E-state index contributed by atoms with van der Waals surface area (Å²) >= 11 is 0. The molecule has 6 rings (SSSR count). The lowest BCUT2D eigenvalue weighted by Crippen LogP contribution is -2.56. The van der Waals surface area contributed by atoms with Crippen LogP contribution in [-0.4, -0.2) is 110 Å². The molecular formula is C47H58N6O3. The highest BCUT2D eigenvalue weighted by atomic mass is 16.2. The van der Waals surface area contributed by atoms with E-state index >= 15 is 0 Å². The maximum absolute atomic E-state index is 14.8. The molecule has 9 nitrogen and oxygen atoms in total. The number of benzene rings is 4. The van der Waals surface area contributed by atoms with Gasteiger partial charge in [-0.1, -0.05) is 92.7 Å². The van der Waals surface area contributed by atoms with Crippen LogP contribution in [0.25, 0.3) is 6.08 Å². The molecule has 0 spiro atoms. The molecule has 0 saturated carbocycles. The minimum Gasteiger partial charge on any atom is -0.378 e. The van der Waals surface area contributed by atoms with Crippen molar-refractivity contribution in [3.8, 4) is 0 Å². The molecule has 0 unspecified atom stereocenters. The van der Waals surface area contributed by atoms with Crippen LogP contribution in [0.5, 0.6) is 0 Å². The Morgan fingerprint density at radius 3 is 1.88 bits per heavy atom. The Morgan fingerprint density at radius 2 is 1.29 bits per heavy atom. The summed E-state index contributed by atoms with van der Waals surface area (Å²) in [6.45, 7) is 12.8. The lowest BCUT2D eigenvalue weighted by atomic mass is 10.0. The third-order valence-electron chi connectivity index (χ3n) is 11.2. The fourth-order valence-electron chi connectivity index (χ4n) is 7.55. The maximum Gasteiger partial charge on any atom is 0.247 e. The Labute approximate surface area is 333 Å². The highest BCUT2D eigenvalue weighted by molar-refractivity contribution is 5.96. The van der Waals surface area contributed by atoms with E-state index in [0.717, 1.165) is 55.1 Å². The molecule has 1 atom stereocenters. The summed E-state index contributed by atoms with van der Waals surface area (Å²) in [4.78, 5) is 53.5. The maximum atomic E-state index is 14.8. The number of hydrogen-bond donors (Lipinski definition) is 0. The SMILES string of the molecule is CC(=O)N1CCN(c2ccc(CN(C(=O)/C=C/c3ccc(C(C)C)cc3)[C@@H](Cc3ccccc3)C(=O)N3CCN(Cc4ccc(N(C)C)cc4)CC3)cc2)CC1. The standard InChI is InChI=1S/C47H58N6O3/c1-36(2)42-18-11-38(12-19-42)17-24-46(55)53(35-41-15-22-44(23-16-41)51-31-29-50(30-32-51)37(3)54)45(33-39-9-7-6-8-10-39)47(56)52-27-25-49(26-28-52)34-40-13-20-43(21-14-40)48(4)5/h6-24,36,45H,25-35H2,1-5H3/b24-17+/t45-/m0/s1. The van der Waals surface area contributed by atoms with Gasteiger partial charge in [0.25, 0.3) is 0 Å². The summed E-state index contributed by atoms with van der Waals surface area (Å²) < 4.78 is 0. The Bertz CT molecular complexity index is 1910. The van der Waals surface area contributed by atoms with E-state index in [9.17, 15) is 14.4 Å². The van der Waals surface area contributed by atoms with Crippen LogP contribution < -0.4 is 9.80 Å². The average molecular weight is 755 g/mol. The largest absolute Gasteiger partial charge is 0.378 e. The molecule has 0 N–H and O–H groups in total. The van der Waals surface area contributed by atoms with Gasteiger partial charge in [-0.15, -0.1) is 0 Å². The van der Waals surface area contributed by atoms with Crippen LogP contribution in [0.3, 0.4) is 0 Å². The van der Waals surface area contributed by atoms with Crippen LogP contribution in [0, 0.1) is 0 Å². The molecule has 2 fully saturated rings. The Kier molecular flexibility index (Phi) is 13.6. The average Bonchev–Trinajstić information content (AvgIpc) is 3.22. The zero-order valence-electron chi connectivity index (χ0n) is 33.8. The summed E-state index contributed by atoms with van der Waals surface area (Å²) in [7, 11) is 4.09. The van der Waals surface area contributed by atoms with Gasteiger partial charge in [-0.05, 0) is 64.1 Å². The number of amides is 3. The van der Waals surface area contributed by atoms with Gasteiger partial charge in [-0.2, -0.15) is 0 Å². The monoisotopic (exact) mass is 754 g/mol. The topological polar surface area (TPSA) is 70.6 Å². The highest BCUT2D eigenvalue weighted by Gasteiger charge is 2.34. The molecule has 0 aliphatic carbocycles. The van der Waals surface area contributed by atoms with Crippen molar-refractivity contribution in [2.45, 2.75) is 52.2 Å². The van der Waals surface area contributed by atoms with Crippen molar-refractivity contribution in [2.75, 3.05) is 76.3 Å². The molecule has 2 saturated heterocycles. The molecule has 0 bridgehead atoms. The molecular weight excluding hydrogens is 697 g/mol. The van der Waals surface area contributed by atoms with Crippen LogP contribution in [0.2, 0.25) is 0 Å². The smallest absolute Gasteiger partial charge is 0.247 e. The summed E-state index contributed by atoms with van der Waals surface area (Å²) in [6.07, 6.45) is 3.90. The number of piperazine rings is 2. The molecule has 56 heavy (non-hydrogen) atoms. The van der Waals surface area contributed by atoms with Crippen molar-refractivity contribution in [1.82, 2.24) is 19.6 Å². The number of rotatable bonds is 13. The normalized spacial score (nSPS) is 15.6. The first-order valence-corrected chi connectivity index (χ1v) is 20.0.